The molecular weight excluding hydrogens is 380 g/mol. The summed E-state index contributed by atoms with van der Waals surface area (Å²) in [6.45, 7) is 13.1. The van der Waals surface area contributed by atoms with E-state index in [0.29, 0.717) is 0 Å². The predicted octanol–water partition coefficient (Wildman–Crippen LogP) is 3.14. The number of rotatable bonds is 4. The Morgan fingerprint density at radius 3 is 0.500 bits per heavy atom. The van der Waals surface area contributed by atoms with E-state index in [0.717, 1.165) is 0 Å². The Morgan fingerprint density at radius 2 is 0.500 bits per heavy atom. The smallest absolute Gasteiger partial charge is 0.320 e. The Labute approximate surface area is 157 Å². The van der Waals surface area contributed by atoms with Crippen LogP contribution in [-0.2, 0) is 8.23 Å². The summed E-state index contributed by atoms with van der Waals surface area (Å²) >= 11 is 0. The summed E-state index contributed by atoms with van der Waals surface area (Å²) in [4.78, 5) is 36.6. The first kappa shape index (κ1) is 49.7. The van der Waals surface area contributed by atoms with Crippen LogP contribution in [-0.4, -0.2) is 58.9 Å². The molecule has 0 spiro atoms. The van der Waals surface area contributed by atoms with Gasteiger partial charge in [-0.05, 0) is 52.4 Å². The first-order valence-electron chi connectivity index (χ1n) is 5.71. The van der Waals surface area contributed by atoms with Gasteiger partial charge in [0.25, 0.3) is 0 Å². The summed E-state index contributed by atoms with van der Waals surface area (Å²) in [5.74, 6) is 0. The Bertz CT molecular complexity index is 191. The fourth-order valence-corrected chi connectivity index (χ4v) is 11.0. The lowest BCUT2D eigenvalue weighted by atomic mass is 11.9. The maximum atomic E-state index is 9.14. The molecule has 0 radical (unpaired) electrons. The van der Waals surface area contributed by atoms with Crippen molar-refractivity contribution in [2.45, 2.75) is 89.5 Å². The topological polar surface area (TPSA) is 131 Å². The lowest BCUT2D eigenvalue weighted by molar-refractivity contribution is 0.319. The van der Waals surface area contributed by atoms with Crippen molar-refractivity contribution in [3.05, 3.63) is 0 Å². The highest BCUT2D eigenvalue weighted by molar-refractivity contribution is 6.77. The van der Waals surface area contributed by atoms with Gasteiger partial charge in [0.2, 0.25) is 0 Å². The molecule has 7 nitrogen and oxygen atoms in total. The Kier molecular flexibility index (Phi) is 35.3. The van der Waals surface area contributed by atoms with Gasteiger partial charge in [0.05, 0.1) is 0 Å². The van der Waals surface area contributed by atoms with E-state index in [-0.39, 0.29) is 42.6 Å². The molecule has 0 saturated carbocycles. The SMILES string of the molecule is C.C.C.C.C.C[Si](C)(O)O[Si](C)(C)O.C[Si](C)(O)O[Si](C)(C)O.O. The molecule has 0 bridgehead atoms. The van der Waals surface area contributed by atoms with Crippen molar-refractivity contribution in [1.82, 2.24) is 0 Å². The molecule has 0 aliphatic carbocycles. The largest absolute Gasteiger partial charge is 0.415 e. The quantitative estimate of drug-likeness (QED) is 0.507. The minimum absolute atomic E-state index is 0. The molecule has 160 valence electrons. The minimum Gasteiger partial charge on any atom is -0.415 e. The van der Waals surface area contributed by atoms with Gasteiger partial charge in [-0.2, -0.15) is 0 Å². The van der Waals surface area contributed by atoms with Crippen LogP contribution < -0.4 is 0 Å². The van der Waals surface area contributed by atoms with Crippen LogP contribution in [0, 0.1) is 0 Å². The highest BCUT2D eigenvalue weighted by Gasteiger charge is 2.30. The summed E-state index contributed by atoms with van der Waals surface area (Å²) in [6.07, 6.45) is 0. The summed E-state index contributed by atoms with van der Waals surface area (Å²) in [7, 11) is -9.92. The third-order valence-electron chi connectivity index (χ3n) is 0.999. The van der Waals surface area contributed by atoms with E-state index in [1.165, 1.54) is 0 Å². The van der Waals surface area contributed by atoms with Crippen molar-refractivity contribution in [3.8, 4) is 0 Å². The van der Waals surface area contributed by atoms with E-state index in [9.17, 15) is 0 Å². The Balaban J connectivity index is -0.0000000284. The summed E-state index contributed by atoms with van der Waals surface area (Å²) in [6, 6.07) is 0. The maximum Gasteiger partial charge on any atom is 0.320 e. The average molecular weight is 431 g/mol. The summed E-state index contributed by atoms with van der Waals surface area (Å²) in [5, 5.41) is 0. The highest BCUT2D eigenvalue weighted by atomic mass is 28.5. The fraction of sp³-hybridized carbons (Fsp3) is 1.00. The maximum absolute atomic E-state index is 9.14. The summed E-state index contributed by atoms with van der Waals surface area (Å²) < 4.78 is 10.0. The van der Waals surface area contributed by atoms with Gasteiger partial charge in [0.15, 0.2) is 0 Å². The average Bonchev–Trinajstić information content (AvgIpc) is 1.64. The number of hydrogen-bond donors (Lipinski definition) is 4. The second-order valence-corrected chi connectivity index (χ2v) is 19.2. The van der Waals surface area contributed by atoms with E-state index in [1.54, 1.807) is 52.4 Å². The van der Waals surface area contributed by atoms with Crippen LogP contribution in [0.2, 0.25) is 52.4 Å². The van der Waals surface area contributed by atoms with Crippen LogP contribution in [0.25, 0.3) is 0 Å². The molecule has 0 rings (SSSR count). The zero-order valence-corrected chi connectivity index (χ0v) is 17.1. The lowest BCUT2D eigenvalue weighted by Crippen LogP contribution is -2.44. The van der Waals surface area contributed by atoms with Crippen LogP contribution >= 0.6 is 0 Å². The Morgan fingerprint density at radius 1 is 0.417 bits per heavy atom. The molecule has 24 heavy (non-hydrogen) atoms. The molecular formula is C13H50O7Si4. The molecule has 0 aliphatic heterocycles. The van der Waals surface area contributed by atoms with Gasteiger partial charge in [-0.1, -0.05) is 37.1 Å². The molecule has 0 aromatic heterocycles. The minimum atomic E-state index is -2.48. The lowest BCUT2D eigenvalue weighted by Gasteiger charge is -2.23. The van der Waals surface area contributed by atoms with E-state index < -0.39 is 34.2 Å². The molecule has 0 aliphatic rings. The predicted molar refractivity (Wildman–Crippen MR) is 118 cm³/mol. The van der Waals surface area contributed by atoms with E-state index in [1.807, 2.05) is 0 Å². The molecule has 0 aromatic carbocycles. The van der Waals surface area contributed by atoms with Crippen molar-refractivity contribution in [2.75, 3.05) is 0 Å². The molecule has 0 amide bonds. The van der Waals surface area contributed by atoms with Gasteiger partial charge in [-0.15, -0.1) is 0 Å². The fourth-order valence-electron chi connectivity index (χ4n) is 1.22. The second kappa shape index (κ2) is 17.0. The second-order valence-electron chi connectivity index (χ2n) is 5.99. The van der Waals surface area contributed by atoms with E-state index in [4.69, 9.17) is 27.4 Å². The van der Waals surface area contributed by atoms with Crippen molar-refractivity contribution < 1.29 is 32.9 Å². The van der Waals surface area contributed by atoms with Crippen LogP contribution in [0.3, 0.4) is 0 Å². The van der Waals surface area contributed by atoms with Crippen LogP contribution in [0.5, 0.6) is 0 Å². The van der Waals surface area contributed by atoms with Crippen LogP contribution in [0.4, 0.5) is 0 Å². The van der Waals surface area contributed by atoms with Crippen molar-refractivity contribution in [2.24, 2.45) is 0 Å². The van der Waals surface area contributed by atoms with Gasteiger partial charge in [0, 0.05) is 0 Å². The van der Waals surface area contributed by atoms with Crippen LogP contribution in [0.15, 0.2) is 0 Å². The normalized spacial score (nSPS) is 10.5. The van der Waals surface area contributed by atoms with Crippen molar-refractivity contribution in [3.63, 3.8) is 0 Å². The molecule has 0 heterocycles. The van der Waals surface area contributed by atoms with E-state index in [2.05, 4.69) is 0 Å². The van der Waals surface area contributed by atoms with E-state index >= 15 is 0 Å². The zero-order valence-electron chi connectivity index (χ0n) is 13.1. The highest BCUT2D eigenvalue weighted by Crippen LogP contribution is 2.08. The number of hydrogen-bond acceptors (Lipinski definition) is 6. The molecule has 6 N–H and O–H groups in total. The molecule has 0 atom stereocenters. The first-order chi connectivity index (χ1) is 7.41. The molecule has 0 fully saturated rings. The van der Waals surface area contributed by atoms with Gasteiger partial charge in [0.1, 0.15) is 0 Å². The third kappa shape index (κ3) is 66.4. The van der Waals surface area contributed by atoms with Gasteiger partial charge in [-0.3, -0.25) is 0 Å². The van der Waals surface area contributed by atoms with Crippen LogP contribution in [0.1, 0.15) is 37.1 Å². The van der Waals surface area contributed by atoms with Gasteiger partial charge < -0.3 is 32.9 Å². The van der Waals surface area contributed by atoms with Gasteiger partial charge >= 0.3 is 34.2 Å². The molecule has 11 heteroatoms. The molecule has 0 aromatic rings. The molecule has 0 saturated heterocycles. The van der Waals surface area contributed by atoms with Gasteiger partial charge in [-0.25, -0.2) is 0 Å². The summed E-state index contributed by atoms with van der Waals surface area (Å²) in [5.41, 5.74) is 0. The third-order valence-corrected chi connectivity index (χ3v) is 8.99. The monoisotopic (exact) mass is 430 g/mol. The van der Waals surface area contributed by atoms with Crippen molar-refractivity contribution in [1.29, 1.82) is 0 Å². The standard InChI is InChI=1S/2C4H14O3Si2.5CH4.H2O/c2*1-8(2,5)7-9(3,4)6;;;;;;/h2*5-6H,1-4H3;5*1H4;1H2. The zero-order chi connectivity index (χ0) is 15.4. The first-order valence-corrected chi connectivity index (χ1v) is 17.1. The molecule has 0 unspecified atom stereocenters. The van der Waals surface area contributed by atoms with Crippen molar-refractivity contribution >= 4 is 34.2 Å². The Hall–Kier alpha value is 0.588.